The summed E-state index contributed by atoms with van der Waals surface area (Å²) in [6.45, 7) is 0. The lowest BCUT2D eigenvalue weighted by molar-refractivity contribution is -0.143. The van der Waals surface area contributed by atoms with E-state index in [1.807, 2.05) is 0 Å². The lowest BCUT2D eigenvalue weighted by atomic mass is 9.78. The van der Waals surface area contributed by atoms with Crippen molar-refractivity contribution in [3.63, 3.8) is 0 Å². The van der Waals surface area contributed by atoms with E-state index in [4.69, 9.17) is 9.47 Å². The average molecular weight is 410 g/mol. The van der Waals surface area contributed by atoms with Gasteiger partial charge in [-0.2, -0.15) is 26.3 Å². The number of carbonyl (C=O) groups excluding carboxylic acids is 1. The number of alkyl halides is 6. The molecule has 0 saturated carbocycles. The molecule has 2 unspecified atom stereocenters. The third-order valence-electron chi connectivity index (χ3n) is 4.26. The van der Waals surface area contributed by atoms with Gasteiger partial charge in [-0.3, -0.25) is 0 Å². The maximum atomic E-state index is 13.0. The van der Waals surface area contributed by atoms with Crippen molar-refractivity contribution in [3.8, 4) is 0 Å². The van der Waals surface area contributed by atoms with Crippen molar-refractivity contribution in [1.29, 1.82) is 0 Å². The number of allylic oxidation sites excluding steroid dienone is 1. The molecule has 2 atom stereocenters. The van der Waals surface area contributed by atoms with Crippen molar-refractivity contribution in [1.82, 2.24) is 0 Å². The molecule has 0 radical (unpaired) electrons. The quantitative estimate of drug-likeness (QED) is 0.591. The van der Waals surface area contributed by atoms with E-state index in [1.165, 1.54) is 20.3 Å². The molecular weight excluding hydrogens is 394 g/mol. The topological polar surface area (TPSA) is 55.8 Å². The van der Waals surface area contributed by atoms with Crippen molar-refractivity contribution >= 4 is 6.29 Å². The van der Waals surface area contributed by atoms with Gasteiger partial charge >= 0.3 is 12.4 Å². The number of hydrogen-bond acceptors (Lipinski definition) is 4. The Kier molecular flexibility index (Phi) is 5.84. The van der Waals surface area contributed by atoms with Crippen LogP contribution in [0.3, 0.4) is 0 Å². The first-order chi connectivity index (χ1) is 12.8. The largest absolute Gasteiger partial charge is 0.500 e. The number of hydrogen-bond donors (Lipinski definition) is 1. The van der Waals surface area contributed by atoms with Crippen molar-refractivity contribution in [2.75, 3.05) is 14.2 Å². The smallest absolute Gasteiger partial charge is 0.416 e. The van der Waals surface area contributed by atoms with Crippen LogP contribution in [0.5, 0.6) is 0 Å². The van der Waals surface area contributed by atoms with Gasteiger partial charge in [0.05, 0.1) is 25.3 Å². The zero-order valence-corrected chi connectivity index (χ0v) is 14.7. The maximum absolute atomic E-state index is 13.0. The summed E-state index contributed by atoms with van der Waals surface area (Å²) in [7, 11) is 2.44. The van der Waals surface area contributed by atoms with Gasteiger partial charge in [-0.15, -0.1) is 0 Å². The van der Waals surface area contributed by atoms with Crippen LogP contribution in [-0.4, -0.2) is 31.2 Å². The Hall–Kier alpha value is -2.49. The number of ether oxygens (including phenoxy) is 2. The van der Waals surface area contributed by atoms with E-state index in [1.54, 1.807) is 0 Å². The monoisotopic (exact) mass is 410 g/mol. The van der Waals surface area contributed by atoms with Gasteiger partial charge in [-0.1, -0.05) is 0 Å². The number of halogens is 6. The summed E-state index contributed by atoms with van der Waals surface area (Å²) in [6.07, 6.45) is -8.11. The van der Waals surface area contributed by atoms with Gasteiger partial charge < -0.3 is 19.4 Å². The highest BCUT2D eigenvalue weighted by Crippen LogP contribution is 2.39. The summed E-state index contributed by atoms with van der Waals surface area (Å²) in [5.41, 5.74) is -5.64. The highest BCUT2D eigenvalue weighted by molar-refractivity contribution is 5.63. The standard InChI is InChI=1S/C18H16F6O4/c1-27-13-6-15(28-2)14(9-25)16(26,8-13)7-10-3-11(17(19,20)21)5-12(4-10)18(22,23)24/h3-6,8-9,14,26H,7H2,1-2H3. The number of rotatable bonds is 5. The molecule has 1 aliphatic rings. The molecule has 0 aliphatic heterocycles. The second-order valence-corrected chi connectivity index (χ2v) is 6.20. The van der Waals surface area contributed by atoms with Crippen LogP contribution in [0.4, 0.5) is 26.3 Å². The van der Waals surface area contributed by atoms with Crippen LogP contribution in [0.25, 0.3) is 0 Å². The number of carbonyl (C=O) groups is 1. The van der Waals surface area contributed by atoms with Crippen molar-refractivity contribution in [3.05, 3.63) is 58.6 Å². The zero-order valence-electron chi connectivity index (χ0n) is 14.7. The highest BCUT2D eigenvalue weighted by atomic mass is 19.4. The molecule has 0 bridgehead atoms. The van der Waals surface area contributed by atoms with E-state index in [0.717, 1.165) is 6.08 Å². The van der Waals surface area contributed by atoms with E-state index in [-0.39, 0.29) is 17.6 Å². The van der Waals surface area contributed by atoms with Gasteiger partial charge in [0, 0.05) is 12.5 Å². The molecule has 1 aliphatic carbocycles. The first-order valence-electron chi connectivity index (χ1n) is 7.82. The summed E-state index contributed by atoms with van der Waals surface area (Å²) in [4.78, 5) is 11.5. The molecule has 4 nitrogen and oxygen atoms in total. The maximum Gasteiger partial charge on any atom is 0.416 e. The summed E-state index contributed by atoms with van der Waals surface area (Å²) < 4.78 is 88.2. The molecule has 28 heavy (non-hydrogen) atoms. The number of aldehydes is 1. The van der Waals surface area contributed by atoms with Gasteiger partial charge in [-0.25, -0.2) is 0 Å². The third kappa shape index (κ3) is 4.49. The van der Waals surface area contributed by atoms with Crippen LogP contribution < -0.4 is 0 Å². The molecule has 2 rings (SSSR count). The Morgan fingerprint density at radius 3 is 1.96 bits per heavy atom. The van der Waals surface area contributed by atoms with Crippen molar-refractivity contribution in [2.45, 2.75) is 24.4 Å². The van der Waals surface area contributed by atoms with E-state index >= 15 is 0 Å². The lowest BCUT2D eigenvalue weighted by Crippen LogP contribution is -2.43. The minimum Gasteiger partial charge on any atom is -0.500 e. The summed E-state index contributed by atoms with van der Waals surface area (Å²) in [5, 5.41) is 10.9. The molecule has 154 valence electrons. The molecule has 0 amide bonds. The summed E-state index contributed by atoms with van der Waals surface area (Å²) in [5.74, 6) is -1.35. The lowest BCUT2D eigenvalue weighted by Gasteiger charge is -2.34. The van der Waals surface area contributed by atoms with Gasteiger partial charge in [0.2, 0.25) is 0 Å². The van der Waals surface area contributed by atoms with Gasteiger partial charge in [-0.05, 0) is 29.8 Å². The molecule has 0 aromatic heterocycles. The minimum atomic E-state index is -5.03. The zero-order chi connectivity index (χ0) is 21.3. The molecule has 1 N–H and O–H groups in total. The predicted octanol–water partition coefficient (Wildman–Crippen LogP) is 3.89. The second kappa shape index (κ2) is 7.50. The Balaban J connectivity index is 2.57. The molecule has 1 aromatic carbocycles. The average Bonchev–Trinajstić information content (AvgIpc) is 2.58. The van der Waals surface area contributed by atoms with Crippen LogP contribution in [0.1, 0.15) is 16.7 Å². The molecular formula is C18H16F6O4. The third-order valence-corrected chi connectivity index (χ3v) is 4.26. The second-order valence-electron chi connectivity index (χ2n) is 6.20. The Morgan fingerprint density at radius 2 is 1.57 bits per heavy atom. The number of benzene rings is 1. The van der Waals surface area contributed by atoms with Gasteiger partial charge in [0.25, 0.3) is 0 Å². The Labute approximate surface area is 156 Å². The molecule has 0 saturated heterocycles. The van der Waals surface area contributed by atoms with Crippen molar-refractivity contribution in [2.24, 2.45) is 5.92 Å². The van der Waals surface area contributed by atoms with Crippen LogP contribution in [-0.2, 0) is 33.0 Å². The van der Waals surface area contributed by atoms with E-state index < -0.39 is 47.0 Å². The van der Waals surface area contributed by atoms with E-state index in [2.05, 4.69) is 0 Å². The van der Waals surface area contributed by atoms with E-state index in [9.17, 15) is 36.2 Å². The normalized spacial score (nSPS) is 23.0. The Morgan fingerprint density at radius 1 is 1.04 bits per heavy atom. The first-order valence-corrected chi connectivity index (χ1v) is 7.82. The fourth-order valence-corrected chi connectivity index (χ4v) is 2.95. The first kappa shape index (κ1) is 21.8. The van der Waals surface area contributed by atoms with Crippen LogP contribution >= 0.6 is 0 Å². The van der Waals surface area contributed by atoms with E-state index in [0.29, 0.717) is 18.4 Å². The van der Waals surface area contributed by atoms with Crippen LogP contribution in [0.2, 0.25) is 0 Å². The molecule has 10 heteroatoms. The summed E-state index contributed by atoms with van der Waals surface area (Å²) >= 11 is 0. The summed E-state index contributed by atoms with van der Waals surface area (Å²) in [6, 6.07) is 0.989. The number of methoxy groups -OCH3 is 2. The fraction of sp³-hybridized carbons (Fsp3) is 0.389. The van der Waals surface area contributed by atoms with Gasteiger partial charge in [0.15, 0.2) is 0 Å². The van der Waals surface area contributed by atoms with Crippen LogP contribution in [0, 0.1) is 5.92 Å². The minimum absolute atomic E-state index is 0.0114. The molecule has 0 spiro atoms. The SMILES string of the molecule is COC1=CC(O)(Cc2cc(C(F)(F)F)cc(C(F)(F)F)c2)C(C=O)C(OC)=C1. The van der Waals surface area contributed by atoms with Crippen molar-refractivity contribution < 1.29 is 45.7 Å². The molecule has 0 heterocycles. The fourth-order valence-electron chi connectivity index (χ4n) is 2.95. The van der Waals surface area contributed by atoms with Gasteiger partial charge in [0.1, 0.15) is 29.3 Å². The molecule has 1 aromatic rings. The predicted molar refractivity (Wildman–Crippen MR) is 84.8 cm³/mol. The number of aliphatic hydroxyl groups is 1. The Bertz CT molecular complexity index is 777. The van der Waals surface area contributed by atoms with Crippen LogP contribution in [0.15, 0.2) is 41.9 Å². The molecule has 0 fully saturated rings. The highest BCUT2D eigenvalue weighted by Gasteiger charge is 2.43.